The molecule has 140 valence electrons. The third-order valence-electron chi connectivity index (χ3n) is 4.01. The molecule has 0 unspecified atom stereocenters. The van der Waals surface area contributed by atoms with Gasteiger partial charge in [0.1, 0.15) is 17.1 Å². The van der Waals surface area contributed by atoms with Gasteiger partial charge in [-0.3, -0.25) is 4.90 Å². The van der Waals surface area contributed by atoms with Crippen LogP contribution in [0.15, 0.2) is 18.3 Å². The molecule has 2 heterocycles. The van der Waals surface area contributed by atoms with Gasteiger partial charge in [0.15, 0.2) is 0 Å². The predicted molar refractivity (Wildman–Crippen MR) is 103 cm³/mol. The van der Waals surface area contributed by atoms with Crippen molar-refractivity contribution in [3.63, 3.8) is 0 Å². The maximum absolute atomic E-state index is 14.4. The van der Waals surface area contributed by atoms with E-state index < -0.39 is 17.5 Å². The van der Waals surface area contributed by atoms with Crippen LogP contribution in [-0.4, -0.2) is 28.7 Å². The number of aromatic nitrogens is 2. The Labute approximate surface area is 160 Å². The molecule has 3 rings (SSSR count). The van der Waals surface area contributed by atoms with Crippen LogP contribution in [-0.2, 0) is 11.2 Å². The number of H-pyrrole nitrogens is 1. The molecular formula is C19H18ClFN4O2. The summed E-state index contributed by atoms with van der Waals surface area (Å²) in [5, 5.41) is 10.5. The summed E-state index contributed by atoms with van der Waals surface area (Å²) in [4.78, 5) is 21.0. The minimum Gasteiger partial charge on any atom is -0.443 e. The van der Waals surface area contributed by atoms with E-state index in [2.05, 4.69) is 16.0 Å². The van der Waals surface area contributed by atoms with Crippen LogP contribution in [0.1, 0.15) is 26.3 Å². The first-order chi connectivity index (χ1) is 12.6. The number of fused-ring (bicyclic) bond motifs is 3. The highest BCUT2D eigenvalue weighted by Crippen LogP contribution is 2.36. The van der Waals surface area contributed by atoms with Crippen molar-refractivity contribution in [3.8, 4) is 6.07 Å². The number of carbonyl (C=O) groups is 1. The van der Waals surface area contributed by atoms with Gasteiger partial charge in [0.25, 0.3) is 0 Å². The second kappa shape index (κ2) is 6.71. The maximum Gasteiger partial charge on any atom is 0.414 e. The van der Waals surface area contributed by atoms with Crippen molar-refractivity contribution in [1.82, 2.24) is 9.97 Å². The normalized spacial score (nSPS) is 11.6. The van der Waals surface area contributed by atoms with E-state index in [-0.39, 0.29) is 6.42 Å². The smallest absolute Gasteiger partial charge is 0.414 e. The molecule has 27 heavy (non-hydrogen) atoms. The Kier molecular flexibility index (Phi) is 4.70. The largest absolute Gasteiger partial charge is 0.443 e. The van der Waals surface area contributed by atoms with Gasteiger partial charge in [-0.1, -0.05) is 11.6 Å². The number of hydrogen-bond donors (Lipinski definition) is 1. The van der Waals surface area contributed by atoms with Crippen LogP contribution in [0.3, 0.4) is 0 Å². The number of rotatable bonds is 2. The number of halogens is 2. The molecule has 0 saturated heterocycles. The van der Waals surface area contributed by atoms with E-state index in [1.54, 1.807) is 20.8 Å². The zero-order chi connectivity index (χ0) is 19.9. The minimum absolute atomic E-state index is 0.0541. The lowest BCUT2D eigenvalue weighted by Gasteiger charge is -2.25. The van der Waals surface area contributed by atoms with Crippen molar-refractivity contribution in [2.75, 3.05) is 11.9 Å². The molecule has 8 heteroatoms. The predicted octanol–water partition coefficient (Wildman–Crippen LogP) is 4.95. The summed E-state index contributed by atoms with van der Waals surface area (Å²) in [6.07, 6.45) is 0.884. The third kappa shape index (κ3) is 3.53. The summed E-state index contributed by atoms with van der Waals surface area (Å²) in [6.45, 7) is 5.26. The van der Waals surface area contributed by atoms with Crippen molar-refractivity contribution in [1.29, 1.82) is 5.26 Å². The van der Waals surface area contributed by atoms with E-state index in [9.17, 15) is 9.18 Å². The lowest BCUT2D eigenvalue weighted by molar-refractivity contribution is 0.0589. The fourth-order valence-electron chi connectivity index (χ4n) is 2.90. The second-order valence-electron chi connectivity index (χ2n) is 7.16. The van der Waals surface area contributed by atoms with Gasteiger partial charge in [-0.25, -0.2) is 14.2 Å². The fourth-order valence-corrected chi connectivity index (χ4v) is 3.11. The Morgan fingerprint density at radius 2 is 2.15 bits per heavy atom. The number of amides is 1. The molecule has 0 spiro atoms. The topological polar surface area (TPSA) is 82.0 Å². The van der Waals surface area contributed by atoms with E-state index in [0.717, 1.165) is 0 Å². The molecule has 1 aromatic carbocycles. The molecule has 0 radical (unpaired) electrons. The summed E-state index contributed by atoms with van der Waals surface area (Å²) in [5.41, 5.74) is 1.15. The van der Waals surface area contributed by atoms with E-state index in [1.165, 1.54) is 30.3 Å². The Hall–Kier alpha value is -2.85. The zero-order valence-electron chi connectivity index (χ0n) is 15.4. The Morgan fingerprint density at radius 3 is 2.78 bits per heavy atom. The van der Waals surface area contributed by atoms with Gasteiger partial charge in [-0.05, 0) is 38.5 Å². The highest BCUT2D eigenvalue weighted by molar-refractivity contribution is 6.33. The fraction of sp³-hybridized carbons (Fsp3) is 0.316. The summed E-state index contributed by atoms with van der Waals surface area (Å²) in [5.74, 6) is -0.531. The molecule has 0 saturated carbocycles. The van der Waals surface area contributed by atoms with Gasteiger partial charge in [0.05, 0.1) is 28.7 Å². The van der Waals surface area contributed by atoms with Crippen molar-refractivity contribution >= 4 is 45.3 Å². The zero-order valence-corrected chi connectivity index (χ0v) is 16.1. The van der Waals surface area contributed by atoms with Crippen LogP contribution in [0, 0.1) is 17.1 Å². The first kappa shape index (κ1) is 18.9. The lowest BCUT2D eigenvalue weighted by atomic mass is 10.1. The molecule has 0 aliphatic rings. The number of nitrogens with zero attached hydrogens (tertiary/aromatic N) is 3. The minimum atomic E-state index is -0.687. The van der Waals surface area contributed by atoms with Crippen LogP contribution in [0.5, 0.6) is 0 Å². The molecule has 0 aliphatic heterocycles. The second-order valence-corrected chi connectivity index (χ2v) is 7.56. The Bertz CT molecular complexity index is 1100. The molecule has 0 fully saturated rings. The number of aromatic amines is 1. The molecule has 0 atom stereocenters. The average Bonchev–Trinajstić information content (AvgIpc) is 2.93. The Morgan fingerprint density at radius 1 is 1.44 bits per heavy atom. The first-order valence-electron chi connectivity index (χ1n) is 8.24. The first-order valence-corrected chi connectivity index (χ1v) is 8.62. The number of nitriles is 1. The third-order valence-corrected chi connectivity index (χ3v) is 4.34. The average molecular weight is 389 g/mol. The van der Waals surface area contributed by atoms with Crippen molar-refractivity contribution in [3.05, 3.63) is 34.7 Å². The van der Waals surface area contributed by atoms with Crippen molar-refractivity contribution < 1.29 is 13.9 Å². The molecular weight excluding hydrogens is 371 g/mol. The standard InChI is InChI=1S/C19H18ClFN4O2/c1-19(2,3)27-18(26)25(4)14-8-10(21)7-12-15-11(5-6-22)13(20)9-23-17(15)24-16(12)14/h7-9H,5H2,1-4H3,(H,23,24). The van der Waals surface area contributed by atoms with E-state index in [1.807, 2.05) is 0 Å². The molecule has 1 N–H and O–H groups in total. The van der Waals surface area contributed by atoms with Crippen LogP contribution < -0.4 is 4.90 Å². The van der Waals surface area contributed by atoms with Crippen LogP contribution in [0.4, 0.5) is 14.9 Å². The molecule has 3 aromatic rings. The van der Waals surface area contributed by atoms with Crippen LogP contribution >= 0.6 is 11.6 Å². The number of benzene rings is 1. The summed E-state index contributed by atoms with van der Waals surface area (Å²) >= 11 is 6.20. The number of nitrogens with one attached hydrogen (secondary N) is 1. The number of ether oxygens (including phenoxy) is 1. The summed E-state index contributed by atoms with van der Waals surface area (Å²) < 4.78 is 19.7. The number of carbonyl (C=O) groups excluding carboxylic acids is 1. The quantitative estimate of drug-likeness (QED) is 0.673. The van der Waals surface area contributed by atoms with Gasteiger partial charge in [-0.15, -0.1) is 0 Å². The molecule has 0 aliphatic carbocycles. The van der Waals surface area contributed by atoms with Gasteiger partial charge in [0, 0.05) is 24.0 Å². The van der Waals surface area contributed by atoms with Crippen LogP contribution in [0.25, 0.3) is 21.9 Å². The highest BCUT2D eigenvalue weighted by atomic mass is 35.5. The van der Waals surface area contributed by atoms with E-state index >= 15 is 0 Å². The molecule has 1 amide bonds. The SMILES string of the molecule is CN(C(=O)OC(C)(C)C)c1cc(F)cc2c1[nH]c1ncc(Cl)c(CC#N)c12. The summed E-state index contributed by atoms with van der Waals surface area (Å²) in [7, 11) is 1.50. The van der Waals surface area contributed by atoms with Gasteiger partial charge in [-0.2, -0.15) is 5.26 Å². The van der Waals surface area contributed by atoms with Crippen LogP contribution in [0.2, 0.25) is 5.02 Å². The van der Waals surface area contributed by atoms with Gasteiger partial charge in [0.2, 0.25) is 0 Å². The highest BCUT2D eigenvalue weighted by Gasteiger charge is 2.24. The number of hydrogen-bond acceptors (Lipinski definition) is 4. The van der Waals surface area contributed by atoms with E-state index in [0.29, 0.717) is 38.2 Å². The van der Waals surface area contributed by atoms with Crippen molar-refractivity contribution in [2.45, 2.75) is 32.8 Å². The van der Waals surface area contributed by atoms with E-state index in [4.69, 9.17) is 21.6 Å². The maximum atomic E-state index is 14.4. The molecule has 2 aromatic heterocycles. The van der Waals surface area contributed by atoms with Gasteiger partial charge >= 0.3 is 6.09 Å². The number of pyridine rings is 1. The lowest BCUT2D eigenvalue weighted by Crippen LogP contribution is -2.34. The Balaban J connectivity index is 2.25. The van der Waals surface area contributed by atoms with Gasteiger partial charge < -0.3 is 9.72 Å². The number of anilines is 1. The summed E-state index contributed by atoms with van der Waals surface area (Å²) in [6, 6.07) is 4.64. The molecule has 6 nitrogen and oxygen atoms in total. The molecule has 0 bridgehead atoms. The van der Waals surface area contributed by atoms with Crippen molar-refractivity contribution in [2.24, 2.45) is 0 Å². The monoisotopic (exact) mass is 388 g/mol.